The van der Waals surface area contributed by atoms with Crippen molar-refractivity contribution >= 4 is 29.0 Å². The molecular weight excluding hydrogens is 257 g/mol. The van der Waals surface area contributed by atoms with E-state index in [0.29, 0.717) is 15.6 Å². The summed E-state index contributed by atoms with van der Waals surface area (Å²) >= 11 is 11.9. The normalized spacial score (nSPS) is 10.3. The molecule has 0 atom stereocenters. The minimum atomic E-state index is -0.00810. The average molecular weight is 266 g/mol. The SMILES string of the molecule is CC(=O)c1ccc(-c2ccc(Cl)cc2Cl)nc1. The minimum absolute atomic E-state index is 0.00810. The van der Waals surface area contributed by atoms with E-state index in [1.165, 1.54) is 6.92 Å². The summed E-state index contributed by atoms with van der Waals surface area (Å²) in [5.74, 6) is -0.00810. The third-order valence-electron chi connectivity index (χ3n) is 2.38. The van der Waals surface area contributed by atoms with Crippen molar-refractivity contribution in [3.8, 4) is 11.3 Å². The van der Waals surface area contributed by atoms with Crippen molar-refractivity contribution in [2.24, 2.45) is 0 Å². The first-order chi connectivity index (χ1) is 8.08. The van der Waals surface area contributed by atoms with Crippen LogP contribution in [0.3, 0.4) is 0 Å². The maximum atomic E-state index is 11.1. The quantitative estimate of drug-likeness (QED) is 0.760. The minimum Gasteiger partial charge on any atom is -0.294 e. The molecule has 1 aromatic heterocycles. The monoisotopic (exact) mass is 265 g/mol. The van der Waals surface area contributed by atoms with Gasteiger partial charge in [0, 0.05) is 22.3 Å². The number of rotatable bonds is 2. The van der Waals surface area contributed by atoms with Crippen LogP contribution in [0.1, 0.15) is 17.3 Å². The molecule has 0 saturated heterocycles. The number of benzene rings is 1. The molecule has 0 amide bonds. The van der Waals surface area contributed by atoms with Crippen molar-refractivity contribution < 1.29 is 4.79 Å². The van der Waals surface area contributed by atoms with Gasteiger partial charge in [-0.1, -0.05) is 23.2 Å². The maximum Gasteiger partial charge on any atom is 0.161 e. The van der Waals surface area contributed by atoms with Gasteiger partial charge in [0.25, 0.3) is 0 Å². The van der Waals surface area contributed by atoms with E-state index in [1.54, 1.807) is 36.5 Å². The van der Waals surface area contributed by atoms with Gasteiger partial charge in [-0.15, -0.1) is 0 Å². The van der Waals surface area contributed by atoms with Gasteiger partial charge in [-0.2, -0.15) is 0 Å². The Labute approximate surface area is 109 Å². The Morgan fingerprint density at radius 1 is 1.18 bits per heavy atom. The fraction of sp³-hybridized carbons (Fsp3) is 0.0769. The van der Waals surface area contributed by atoms with Crippen molar-refractivity contribution in [2.45, 2.75) is 6.92 Å². The largest absolute Gasteiger partial charge is 0.294 e. The van der Waals surface area contributed by atoms with Gasteiger partial charge in [0.2, 0.25) is 0 Å². The fourth-order valence-electron chi connectivity index (χ4n) is 1.46. The summed E-state index contributed by atoms with van der Waals surface area (Å²) in [5, 5.41) is 1.12. The van der Waals surface area contributed by atoms with E-state index < -0.39 is 0 Å². The maximum absolute atomic E-state index is 11.1. The number of Topliss-reactive ketones (excluding diaryl/α,β-unsaturated/α-hetero) is 1. The number of carbonyl (C=O) groups excluding carboxylic acids is 1. The number of halogens is 2. The van der Waals surface area contributed by atoms with E-state index in [2.05, 4.69) is 4.98 Å². The number of nitrogens with zero attached hydrogens (tertiary/aromatic N) is 1. The second-order valence-corrected chi connectivity index (χ2v) is 4.46. The Morgan fingerprint density at radius 2 is 1.94 bits per heavy atom. The average Bonchev–Trinajstić information content (AvgIpc) is 2.29. The van der Waals surface area contributed by atoms with Gasteiger partial charge in [-0.3, -0.25) is 9.78 Å². The predicted molar refractivity (Wildman–Crippen MR) is 69.7 cm³/mol. The lowest BCUT2D eigenvalue weighted by Crippen LogP contribution is -1.93. The van der Waals surface area contributed by atoms with Crippen molar-refractivity contribution in [3.05, 3.63) is 52.1 Å². The first-order valence-electron chi connectivity index (χ1n) is 5.00. The summed E-state index contributed by atoms with van der Waals surface area (Å²) in [6.45, 7) is 1.51. The Morgan fingerprint density at radius 3 is 2.47 bits per heavy atom. The van der Waals surface area contributed by atoms with Crippen LogP contribution in [-0.2, 0) is 0 Å². The van der Waals surface area contributed by atoms with Crippen LogP contribution in [0.2, 0.25) is 10.0 Å². The molecule has 86 valence electrons. The lowest BCUT2D eigenvalue weighted by atomic mass is 10.1. The van der Waals surface area contributed by atoms with Crippen LogP contribution in [0.4, 0.5) is 0 Å². The molecule has 1 heterocycles. The van der Waals surface area contributed by atoms with Gasteiger partial charge >= 0.3 is 0 Å². The van der Waals surface area contributed by atoms with E-state index in [-0.39, 0.29) is 5.78 Å². The molecule has 0 aliphatic carbocycles. The van der Waals surface area contributed by atoms with Gasteiger partial charge in [-0.25, -0.2) is 0 Å². The second kappa shape index (κ2) is 4.86. The molecule has 2 aromatic rings. The second-order valence-electron chi connectivity index (χ2n) is 3.61. The van der Waals surface area contributed by atoms with Gasteiger partial charge < -0.3 is 0 Å². The van der Waals surface area contributed by atoms with E-state index in [1.807, 2.05) is 0 Å². The first kappa shape index (κ1) is 12.1. The molecule has 0 fully saturated rings. The topological polar surface area (TPSA) is 30.0 Å². The zero-order chi connectivity index (χ0) is 12.4. The summed E-state index contributed by atoms with van der Waals surface area (Å²) in [6.07, 6.45) is 1.54. The van der Waals surface area contributed by atoms with Crippen LogP contribution in [-0.4, -0.2) is 10.8 Å². The molecule has 4 heteroatoms. The fourth-order valence-corrected chi connectivity index (χ4v) is 1.96. The van der Waals surface area contributed by atoms with Gasteiger partial charge in [-0.05, 0) is 37.3 Å². The highest BCUT2D eigenvalue weighted by Crippen LogP contribution is 2.28. The number of hydrogen-bond acceptors (Lipinski definition) is 2. The van der Waals surface area contributed by atoms with E-state index in [4.69, 9.17) is 23.2 Å². The third-order valence-corrected chi connectivity index (χ3v) is 2.92. The van der Waals surface area contributed by atoms with Crippen molar-refractivity contribution in [3.63, 3.8) is 0 Å². The molecule has 0 aliphatic rings. The van der Waals surface area contributed by atoms with Crippen LogP contribution in [0.25, 0.3) is 11.3 Å². The van der Waals surface area contributed by atoms with Crippen molar-refractivity contribution in [2.75, 3.05) is 0 Å². The van der Waals surface area contributed by atoms with Gasteiger partial charge in [0.05, 0.1) is 10.7 Å². The number of ketones is 1. The lowest BCUT2D eigenvalue weighted by molar-refractivity contribution is 0.101. The molecule has 0 spiro atoms. The molecule has 2 nitrogen and oxygen atoms in total. The standard InChI is InChI=1S/C13H9Cl2NO/c1-8(17)9-2-5-13(16-7-9)11-4-3-10(14)6-12(11)15/h2-7H,1H3. The zero-order valence-corrected chi connectivity index (χ0v) is 10.6. The van der Waals surface area contributed by atoms with Crippen molar-refractivity contribution in [1.29, 1.82) is 0 Å². The van der Waals surface area contributed by atoms with E-state index >= 15 is 0 Å². The van der Waals surface area contributed by atoms with Crippen LogP contribution >= 0.6 is 23.2 Å². The van der Waals surface area contributed by atoms with Crippen molar-refractivity contribution in [1.82, 2.24) is 4.98 Å². The Balaban J connectivity index is 2.43. The van der Waals surface area contributed by atoms with Crippen LogP contribution in [0.5, 0.6) is 0 Å². The van der Waals surface area contributed by atoms with Crippen LogP contribution in [0.15, 0.2) is 36.5 Å². The van der Waals surface area contributed by atoms with Gasteiger partial charge in [0.15, 0.2) is 5.78 Å². The molecule has 0 saturated carbocycles. The zero-order valence-electron chi connectivity index (χ0n) is 9.08. The molecule has 2 rings (SSSR count). The predicted octanol–water partition coefficient (Wildman–Crippen LogP) is 4.26. The highest BCUT2D eigenvalue weighted by Gasteiger charge is 2.06. The summed E-state index contributed by atoms with van der Waals surface area (Å²) in [7, 11) is 0. The van der Waals surface area contributed by atoms with E-state index in [0.717, 1.165) is 11.3 Å². The highest BCUT2D eigenvalue weighted by atomic mass is 35.5. The Kier molecular flexibility index (Phi) is 3.46. The Hall–Kier alpha value is -1.38. The number of aromatic nitrogens is 1. The summed E-state index contributed by atoms with van der Waals surface area (Å²) in [5.41, 5.74) is 2.10. The molecule has 17 heavy (non-hydrogen) atoms. The summed E-state index contributed by atoms with van der Waals surface area (Å²) in [4.78, 5) is 15.3. The van der Waals surface area contributed by atoms with Gasteiger partial charge in [0.1, 0.15) is 0 Å². The molecule has 0 radical (unpaired) electrons. The first-order valence-corrected chi connectivity index (χ1v) is 5.76. The Bertz CT molecular complexity index is 564. The molecule has 0 bridgehead atoms. The van der Waals surface area contributed by atoms with Crippen LogP contribution < -0.4 is 0 Å². The summed E-state index contributed by atoms with van der Waals surface area (Å²) in [6, 6.07) is 8.73. The number of pyridine rings is 1. The molecule has 1 aromatic carbocycles. The third kappa shape index (κ3) is 2.65. The number of carbonyl (C=O) groups is 1. The molecule has 0 unspecified atom stereocenters. The summed E-state index contributed by atoms with van der Waals surface area (Å²) < 4.78 is 0. The highest BCUT2D eigenvalue weighted by molar-refractivity contribution is 6.36. The van der Waals surface area contributed by atoms with Crippen LogP contribution in [0, 0.1) is 0 Å². The molecular formula is C13H9Cl2NO. The van der Waals surface area contributed by atoms with E-state index in [9.17, 15) is 4.79 Å². The lowest BCUT2D eigenvalue weighted by Gasteiger charge is -2.04. The number of hydrogen-bond donors (Lipinski definition) is 0. The molecule has 0 N–H and O–H groups in total. The molecule has 0 aliphatic heterocycles. The smallest absolute Gasteiger partial charge is 0.161 e.